The summed E-state index contributed by atoms with van der Waals surface area (Å²) in [4.78, 5) is 20.6. The Kier molecular flexibility index (Phi) is 6.14. The van der Waals surface area contributed by atoms with Crippen molar-refractivity contribution in [2.75, 3.05) is 6.61 Å². The maximum atomic E-state index is 12.2. The Balaban J connectivity index is 1.69. The van der Waals surface area contributed by atoms with Crippen LogP contribution in [0.4, 0.5) is 0 Å². The summed E-state index contributed by atoms with van der Waals surface area (Å²) in [7, 11) is 0. The number of hydrogen-bond acceptors (Lipinski definition) is 7. The molecule has 0 radical (unpaired) electrons. The Labute approximate surface area is 172 Å². The second kappa shape index (κ2) is 8.59. The Morgan fingerprint density at radius 2 is 2.03 bits per heavy atom. The topological polar surface area (TPSA) is 110 Å². The molecule has 0 fully saturated rings. The first-order valence-electron chi connectivity index (χ1n) is 8.88. The zero-order chi connectivity index (χ0) is 21.0. The minimum Gasteiger partial charge on any atom is -0.473 e. The molecule has 0 aliphatic carbocycles. The van der Waals surface area contributed by atoms with E-state index in [1.54, 1.807) is 45.0 Å². The number of nitrogens with one attached hydrogen (secondary N) is 1. The maximum Gasteiger partial charge on any atom is 0.253 e. The van der Waals surface area contributed by atoms with Crippen LogP contribution < -0.4 is 10.1 Å². The molecule has 29 heavy (non-hydrogen) atoms. The van der Waals surface area contributed by atoms with Gasteiger partial charge in [0.25, 0.3) is 5.91 Å². The number of aromatic nitrogens is 3. The van der Waals surface area contributed by atoms with Gasteiger partial charge in [0.2, 0.25) is 5.88 Å². The van der Waals surface area contributed by atoms with Crippen molar-refractivity contribution in [3.63, 3.8) is 0 Å². The summed E-state index contributed by atoms with van der Waals surface area (Å²) in [6.07, 6.45) is 2.95. The van der Waals surface area contributed by atoms with E-state index in [2.05, 4.69) is 20.4 Å². The highest BCUT2D eigenvalue weighted by Gasteiger charge is 2.20. The molecule has 3 heterocycles. The number of pyridine rings is 2. The van der Waals surface area contributed by atoms with Crippen molar-refractivity contribution < 1.29 is 19.2 Å². The van der Waals surface area contributed by atoms with Gasteiger partial charge in [0.05, 0.1) is 34.0 Å². The minimum absolute atomic E-state index is 0.170. The van der Waals surface area contributed by atoms with Gasteiger partial charge in [-0.15, -0.1) is 0 Å². The number of carbonyl (C=O) groups excluding carboxylic acids is 1. The molecule has 0 aliphatic rings. The standard InChI is InChI=1S/C20H21ClN4O4/c1-12-15(18(25-29-12)16-6-5-14(21)9-22-16)10-28-17-7-4-13(8-23-17)19(27)24-20(2,3)11-26/h4-9,26H,10-11H2,1-3H3,(H,24,27). The second-order valence-electron chi connectivity index (χ2n) is 7.10. The lowest BCUT2D eigenvalue weighted by atomic mass is 10.1. The van der Waals surface area contributed by atoms with Crippen molar-refractivity contribution in [2.24, 2.45) is 0 Å². The summed E-state index contributed by atoms with van der Waals surface area (Å²) in [6, 6.07) is 6.68. The Bertz CT molecular complexity index is 985. The average Bonchev–Trinajstić information content (AvgIpc) is 3.07. The molecule has 0 atom stereocenters. The van der Waals surface area contributed by atoms with Crippen molar-refractivity contribution in [2.45, 2.75) is 32.9 Å². The summed E-state index contributed by atoms with van der Waals surface area (Å²) in [5.41, 5.74) is 1.58. The molecule has 0 spiro atoms. The van der Waals surface area contributed by atoms with Crippen LogP contribution >= 0.6 is 11.6 Å². The van der Waals surface area contributed by atoms with Gasteiger partial charge in [0.15, 0.2) is 0 Å². The zero-order valence-corrected chi connectivity index (χ0v) is 17.0. The van der Waals surface area contributed by atoms with E-state index in [1.807, 2.05) is 0 Å². The quantitative estimate of drug-likeness (QED) is 0.608. The predicted molar refractivity (Wildman–Crippen MR) is 107 cm³/mol. The smallest absolute Gasteiger partial charge is 0.253 e. The summed E-state index contributed by atoms with van der Waals surface area (Å²) in [5, 5.41) is 16.6. The largest absolute Gasteiger partial charge is 0.473 e. The summed E-state index contributed by atoms with van der Waals surface area (Å²) < 4.78 is 11.0. The van der Waals surface area contributed by atoms with E-state index in [9.17, 15) is 9.90 Å². The third kappa shape index (κ3) is 5.10. The number of aliphatic hydroxyl groups excluding tert-OH is 1. The van der Waals surface area contributed by atoms with Crippen LogP contribution in [0, 0.1) is 6.92 Å². The van der Waals surface area contributed by atoms with Gasteiger partial charge in [0, 0.05) is 18.5 Å². The van der Waals surface area contributed by atoms with Crippen LogP contribution in [-0.2, 0) is 6.61 Å². The van der Waals surface area contributed by atoms with E-state index in [1.165, 1.54) is 12.4 Å². The molecule has 2 N–H and O–H groups in total. The molecule has 0 unspecified atom stereocenters. The third-order valence-electron chi connectivity index (χ3n) is 4.16. The van der Waals surface area contributed by atoms with Crippen molar-refractivity contribution in [1.82, 2.24) is 20.4 Å². The molecule has 8 nitrogen and oxygen atoms in total. The summed E-state index contributed by atoms with van der Waals surface area (Å²) >= 11 is 5.88. The Morgan fingerprint density at radius 1 is 1.24 bits per heavy atom. The van der Waals surface area contributed by atoms with Crippen LogP contribution in [0.3, 0.4) is 0 Å². The fourth-order valence-electron chi connectivity index (χ4n) is 2.44. The number of aryl methyl sites for hydroxylation is 1. The average molecular weight is 417 g/mol. The molecule has 0 saturated carbocycles. The Hall–Kier alpha value is -2.97. The van der Waals surface area contributed by atoms with Crippen LogP contribution in [0.15, 0.2) is 41.2 Å². The van der Waals surface area contributed by atoms with E-state index < -0.39 is 5.54 Å². The number of nitrogens with zero attached hydrogens (tertiary/aromatic N) is 3. The highest BCUT2D eigenvalue weighted by atomic mass is 35.5. The normalized spacial score (nSPS) is 11.3. The third-order valence-corrected chi connectivity index (χ3v) is 4.39. The van der Waals surface area contributed by atoms with Crippen molar-refractivity contribution in [1.29, 1.82) is 0 Å². The fraction of sp³-hybridized carbons (Fsp3) is 0.300. The van der Waals surface area contributed by atoms with Crippen LogP contribution in [0.1, 0.15) is 35.5 Å². The minimum atomic E-state index is -0.718. The molecule has 0 aliphatic heterocycles. The number of amides is 1. The lowest BCUT2D eigenvalue weighted by molar-refractivity contribution is 0.0869. The monoisotopic (exact) mass is 416 g/mol. The second-order valence-corrected chi connectivity index (χ2v) is 7.53. The van der Waals surface area contributed by atoms with Gasteiger partial charge in [-0.1, -0.05) is 16.8 Å². The molecular formula is C20H21ClN4O4. The molecule has 152 valence electrons. The Morgan fingerprint density at radius 3 is 2.66 bits per heavy atom. The fourth-order valence-corrected chi connectivity index (χ4v) is 2.56. The van der Waals surface area contributed by atoms with E-state index >= 15 is 0 Å². The maximum absolute atomic E-state index is 12.2. The molecule has 3 aromatic heterocycles. The summed E-state index contributed by atoms with van der Waals surface area (Å²) in [5.74, 6) is 0.631. The molecule has 1 amide bonds. The number of hydrogen-bond donors (Lipinski definition) is 2. The van der Waals surface area contributed by atoms with E-state index in [4.69, 9.17) is 20.9 Å². The van der Waals surface area contributed by atoms with Crippen LogP contribution in [0.25, 0.3) is 11.4 Å². The number of carbonyl (C=O) groups is 1. The molecule has 0 bridgehead atoms. The van der Waals surface area contributed by atoms with E-state index in [0.29, 0.717) is 33.6 Å². The molecule has 9 heteroatoms. The van der Waals surface area contributed by atoms with Crippen molar-refractivity contribution in [3.8, 4) is 17.3 Å². The molecule has 0 saturated heterocycles. The number of halogens is 1. The first-order valence-corrected chi connectivity index (χ1v) is 9.26. The zero-order valence-electron chi connectivity index (χ0n) is 16.3. The van der Waals surface area contributed by atoms with E-state index in [0.717, 1.165) is 5.56 Å². The summed E-state index contributed by atoms with van der Waals surface area (Å²) in [6.45, 7) is 5.24. The van der Waals surface area contributed by atoms with Crippen molar-refractivity contribution in [3.05, 3.63) is 58.6 Å². The SMILES string of the molecule is Cc1onc(-c2ccc(Cl)cn2)c1COc1ccc(C(=O)NC(C)(C)CO)cn1. The van der Waals surface area contributed by atoms with Crippen LogP contribution in [-0.4, -0.2) is 38.3 Å². The van der Waals surface area contributed by atoms with Crippen LogP contribution in [0.2, 0.25) is 5.02 Å². The first-order chi connectivity index (χ1) is 13.8. The van der Waals surface area contributed by atoms with Gasteiger partial charge < -0.3 is 19.7 Å². The van der Waals surface area contributed by atoms with Gasteiger partial charge >= 0.3 is 0 Å². The van der Waals surface area contributed by atoms with Gasteiger partial charge in [0.1, 0.15) is 18.1 Å². The molecule has 3 rings (SSSR count). The molecule has 0 aromatic carbocycles. The number of aliphatic hydroxyl groups is 1. The van der Waals surface area contributed by atoms with E-state index in [-0.39, 0.29) is 19.1 Å². The lowest BCUT2D eigenvalue weighted by Gasteiger charge is -2.23. The highest BCUT2D eigenvalue weighted by Crippen LogP contribution is 2.25. The first kappa shape index (κ1) is 20.8. The van der Waals surface area contributed by atoms with Gasteiger partial charge in [-0.05, 0) is 39.0 Å². The van der Waals surface area contributed by atoms with Crippen molar-refractivity contribution >= 4 is 17.5 Å². The predicted octanol–water partition coefficient (Wildman–Crippen LogP) is 3.17. The van der Waals surface area contributed by atoms with Gasteiger partial charge in [-0.3, -0.25) is 9.78 Å². The molecule has 3 aromatic rings. The van der Waals surface area contributed by atoms with Gasteiger partial charge in [-0.2, -0.15) is 0 Å². The number of rotatable bonds is 7. The van der Waals surface area contributed by atoms with Gasteiger partial charge in [-0.25, -0.2) is 4.98 Å². The highest BCUT2D eigenvalue weighted by molar-refractivity contribution is 6.30. The lowest BCUT2D eigenvalue weighted by Crippen LogP contribution is -2.46. The number of ether oxygens (including phenoxy) is 1. The molecular weight excluding hydrogens is 396 g/mol. The van der Waals surface area contributed by atoms with Crippen LogP contribution in [0.5, 0.6) is 5.88 Å².